The molecule has 0 amide bonds. The second kappa shape index (κ2) is 6.61. The fraction of sp³-hybridized carbons (Fsp3) is 0.611. The van der Waals surface area contributed by atoms with Crippen LogP contribution in [0.1, 0.15) is 31.2 Å². The van der Waals surface area contributed by atoms with E-state index in [0.29, 0.717) is 12.8 Å². The summed E-state index contributed by atoms with van der Waals surface area (Å²) in [6, 6.07) is 7.25. The van der Waals surface area contributed by atoms with Crippen molar-refractivity contribution in [2.45, 2.75) is 55.5 Å². The predicted octanol–water partition coefficient (Wildman–Crippen LogP) is 2.65. The number of nitrogens with zero attached hydrogens (tertiary/aromatic N) is 1. The first-order chi connectivity index (χ1) is 11.8. The van der Waals surface area contributed by atoms with Gasteiger partial charge in [0, 0.05) is 12.1 Å². The zero-order valence-electron chi connectivity index (χ0n) is 14.0. The van der Waals surface area contributed by atoms with Crippen LogP contribution in [0.15, 0.2) is 30.3 Å². The monoisotopic (exact) mass is 357 g/mol. The third kappa shape index (κ3) is 3.04. The minimum atomic E-state index is -4.95. The summed E-state index contributed by atoms with van der Waals surface area (Å²) in [5, 5.41) is 9.59. The van der Waals surface area contributed by atoms with Gasteiger partial charge in [-0.2, -0.15) is 13.2 Å². The number of hydrogen-bond acceptors (Lipinski definition) is 4. The first kappa shape index (κ1) is 18.2. The molecular weight excluding hydrogens is 335 g/mol. The van der Waals surface area contributed by atoms with E-state index in [1.54, 1.807) is 6.07 Å². The van der Waals surface area contributed by atoms with Gasteiger partial charge in [-0.1, -0.05) is 30.3 Å². The molecule has 0 aliphatic carbocycles. The Hall–Kier alpha value is -1.60. The number of esters is 1. The second-order valence-corrected chi connectivity index (χ2v) is 6.98. The fourth-order valence-corrected chi connectivity index (χ4v) is 4.08. The molecule has 1 aromatic carbocycles. The summed E-state index contributed by atoms with van der Waals surface area (Å²) in [6.45, 7) is -1.38. The predicted molar refractivity (Wildman–Crippen MR) is 84.9 cm³/mol. The Balaban J connectivity index is 1.86. The third-order valence-electron chi connectivity index (χ3n) is 5.66. The molecule has 2 fully saturated rings. The van der Waals surface area contributed by atoms with Crippen LogP contribution in [-0.4, -0.2) is 54.0 Å². The lowest BCUT2D eigenvalue weighted by Gasteiger charge is -2.38. The SMILES string of the molecule is CN1C2CCC1CC(OC(=O)C(CO)(c1ccccc1)C(F)(F)F)C2. The van der Waals surface area contributed by atoms with Crippen LogP contribution in [-0.2, 0) is 14.9 Å². The lowest BCUT2D eigenvalue weighted by atomic mass is 9.80. The van der Waals surface area contributed by atoms with Crippen LogP contribution in [0.25, 0.3) is 0 Å². The Morgan fingerprint density at radius 1 is 1.20 bits per heavy atom. The first-order valence-electron chi connectivity index (χ1n) is 8.45. The summed E-state index contributed by atoms with van der Waals surface area (Å²) >= 11 is 0. The van der Waals surface area contributed by atoms with Crippen molar-refractivity contribution in [2.24, 2.45) is 0 Å². The number of halogens is 3. The van der Waals surface area contributed by atoms with E-state index in [-0.39, 0.29) is 17.6 Å². The normalized spacial score (nSPS) is 29.2. The van der Waals surface area contributed by atoms with Gasteiger partial charge in [0.15, 0.2) is 0 Å². The van der Waals surface area contributed by atoms with Crippen molar-refractivity contribution in [1.29, 1.82) is 0 Å². The van der Waals surface area contributed by atoms with Gasteiger partial charge in [0.25, 0.3) is 0 Å². The molecule has 3 atom stereocenters. The van der Waals surface area contributed by atoms with Crippen molar-refractivity contribution in [3.8, 4) is 0 Å². The molecule has 2 saturated heterocycles. The van der Waals surface area contributed by atoms with Gasteiger partial charge in [0.1, 0.15) is 6.10 Å². The Morgan fingerprint density at radius 3 is 2.24 bits per heavy atom. The minimum absolute atomic E-state index is 0.239. The number of carbonyl (C=O) groups excluding carboxylic acids is 1. The van der Waals surface area contributed by atoms with E-state index in [4.69, 9.17) is 4.74 Å². The highest BCUT2D eigenvalue weighted by Crippen LogP contribution is 2.43. The maximum atomic E-state index is 13.8. The van der Waals surface area contributed by atoms with Gasteiger partial charge in [-0.3, -0.25) is 4.79 Å². The molecular formula is C18H22F3NO3. The van der Waals surface area contributed by atoms with E-state index in [1.165, 1.54) is 24.3 Å². The standard InChI is InChI=1S/C18H22F3NO3/c1-22-13-7-8-14(22)10-15(9-13)25-16(24)17(11-23,18(19,20)21)12-5-3-2-4-6-12/h2-6,13-15,23H,7-11H2,1H3. The van der Waals surface area contributed by atoms with E-state index in [0.717, 1.165) is 12.8 Å². The van der Waals surface area contributed by atoms with Gasteiger partial charge in [0.2, 0.25) is 5.41 Å². The average molecular weight is 357 g/mol. The van der Waals surface area contributed by atoms with Gasteiger partial charge < -0.3 is 14.7 Å². The second-order valence-electron chi connectivity index (χ2n) is 6.98. The summed E-state index contributed by atoms with van der Waals surface area (Å²) in [6.07, 6.45) is -2.49. The van der Waals surface area contributed by atoms with Crippen LogP contribution < -0.4 is 0 Å². The van der Waals surface area contributed by atoms with Gasteiger partial charge >= 0.3 is 12.1 Å². The Labute approximate surface area is 144 Å². The van der Waals surface area contributed by atoms with Crippen molar-refractivity contribution >= 4 is 5.97 Å². The van der Waals surface area contributed by atoms with Gasteiger partial charge in [0.05, 0.1) is 6.61 Å². The number of carbonyl (C=O) groups is 1. The number of alkyl halides is 3. The number of hydrogen-bond donors (Lipinski definition) is 1. The number of aliphatic hydroxyl groups excluding tert-OH is 1. The molecule has 1 aromatic rings. The molecule has 2 aliphatic heterocycles. The van der Waals surface area contributed by atoms with Crippen molar-refractivity contribution in [2.75, 3.05) is 13.7 Å². The maximum Gasteiger partial charge on any atom is 0.411 e. The molecule has 2 bridgehead atoms. The first-order valence-corrected chi connectivity index (χ1v) is 8.45. The summed E-state index contributed by atoms with van der Waals surface area (Å²) < 4.78 is 46.8. The van der Waals surface area contributed by atoms with Crippen LogP contribution in [0, 0.1) is 0 Å². The van der Waals surface area contributed by atoms with Gasteiger partial charge in [-0.15, -0.1) is 0 Å². The lowest BCUT2D eigenvalue weighted by Crippen LogP contribution is -2.54. The Morgan fingerprint density at radius 2 is 1.76 bits per heavy atom. The molecule has 4 nitrogen and oxygen atoms in total. The molecule has 3 rings (SSSR count). The molecule has 0 radical (unpaired) electrons. The third-order valence-corrected chi connectivity index (χ3v) is 5.66. The van der Waals surface area contributed by atoms with Crippen LogP contribution in [0.5, 0.6) is 0 Å². The number of benzene rings is 1. The summed E-state index contributed by atoms with van der Waals surface area (Å²) in [7, 11) is 2.00. The molecule has 1 N–H and O–H groups in total. The molecule has 25 heavy (non-hydrogen) atoms. The average Bonchev–Trinajstić information content (AvgIpc) is 2.78. The maximum absolute atomic E-state index is 13.8. The summed E-state index contributed by atoms with van der Waals surface area (Å²) in [4.78, 5) is 14.8. The highest BCUT2D eigenvalue weighted by Gasteiger charge is 2.63. The number of fused-ring (bicyclic) bond motifs is 2. The fourth-order valence-electron chi connectivity index (χ4n) is 4.08. The van der Waals surface area contributed by atoms with Crippen LogP contribution >= 0.6 is 0 Å². The number of rotatable bonds is 4. The molecule has 0 spiro atoms. The van der Waals surface area contributed by atoms with Crippen molar-refractivity contribution in [1.82, 2.24) is 4.90 Å². The topological polar surface area (TPSA) is 49.8 Å². The zero-order chi connectivity index (χ0) is 18.2. The van der Waals surface area contributed by atoms with E-state index in [2.05, 4.69) is 4.90 Å². The zero-order valence-corrected chi connectivity index (χ0v) is 14.0. The summed E-state index contributed by atoms with van der Waals surface area (Å²) in [5.74, 6) is -1.41. The smallest absolute Gasteiger partial charge is 0.411 e. The van der Waals surface area contributed by atoms with Crippen LogP contribution in [0.2, 0.25) is 0 Å². The molecule has 3 unspecified atom stereocenters. The molecule has 7 heteroatoms. The molecule has 2 aliphatic rings. The van der Waals surface area contributed by atoms with Crippen molar-refractivity contribution in [3.05, 3.63) is 35.9 Å². The quantitative estimate of drug-likeness (QED) is 0.842. The highest BCUT2D eigenvalue weighted by atomic mass is 19.4. The van der Waals surface area contributed by atoms with Crippen LogP contribution in [0.3, 0.4) is 0 Å². The van der Waals surface area contributed by atoms with E-state index in [1.807, 2.05) is 7.05 Å². The molecule has 0 saturated carbocycles. The molecule has 2 heterocycles. The largest absolute Gasteiger partial charge is 0.461 e. The van der Waals surface area contributed by atoms with Crippen LogP contribution in [0.4, 0.5) is 13.2 Å². The number of aliphatic hydroxyl groups is 1. The van der Waals surface area contributed by atoms with E-state index >= 15 is 0 Å². The molecule has 0 aromatic heterocycles. The van der Waals surface area contributed by atoms with Crippen molar-refractivity contribution in [3.63, 3.8) is 0 Å². The summed E-state index contributed by atoms with van der Waals surface area (Å²) in [5.41, 5.74) is -3.35. The minimum Gasteiger partial charge on any atom is -0.461 e. The number of ether oxygens (including phenoxy) is 1. The molecule has 138 valence electrons. The van der Waals surface area contributed by atoms with E-state index < -0.39 is 30.3 Å². The van der Waals surface area contributed by atoms with Gasteiger partial charge in [-0.25, -0.2) is 0 Å². The highest BCUT2D eigenvalue weighted by molar-refractivity contribution is 5.85. The Kier molecular flexibility index (Phi) is 4.81. The number of piperidine rings is 1. The van der Waals surface area contributed by atoms with Crippen molar-refractivity contribution < 1.29 is 27.8 Å². The lowest BCUT2D eigenvalue weighted by molar-refractivity contribution is -0.220. The Bertz CT molecular complexity index is 608. The van der Waals surface area contributed by atoms with E-state index in [9.17, 15) is 23.1 Å². The van der Waals surface area contributed by atoms with Gasteiger partial charge in [-0.05, 0) is 38.3 Å².